The third kappa shape index (κ3) is 6.02. The van der Waals surface area contributed by atoms with Crippen LogP contribution in [0.4, 0.5) is 4.39 Å². The Hall–Kier alpha value is -2.47. The lowest BCUT2D eigenvalue weighted by molar-refractivity contribution is 0.00199. The first-order valence-electron chi connectivity index (χ1n) is 9.72. The van der Waals surface area contributed by atoms with Gasteiger partial charge in [0.15, 0.2) is 0 Å². The van der Waals surface area contributed by atoms with Crippen LogP contribution in [0.5, 0.6) is 5.75 Å². The minimum absolute atomic E-state index is 0.351. The van der Waals surface area contributed by atoms with Crippen LogP contribution in [0.25, 0.3) is 11.3 Å². The molecule has 2 heterocycles. The third-order valence-electron chi connectivity index (χ3n) is 4.48. The molecule has 0 atom stereocenters. The van der Waals surface area contributed by atoms with Crippen molar-refractivity contribution in [3.63, 3.8) is 0 Å². The molecule has 1 aliphatic heterocycles. The van der Waals surface area contributed by atoms with Gasteiger partial charge >= 0.3 is 0 Å². The maximum absolute atomic E-state index is 14.5. The van der Waals surface area contributed by atoms with E-state index < -0.39 is 0 Å². The molecule has 1 aliphatic rings. The van der Waals surface area contributed by atoms with Crippen LogP contribution < -0.4 is 10.1 Å². The van der Waals surface area contributed by atoms with Crippen LogP contribution in [0.15, 0.2) is 41.7 Å². The molecule has 1 aromatic heterocycles. The fourth-order valence-corrected chi connectivity index (χ4v) is 2.95. The predicted octanol–water partition coefficient (Wildman–Crippen LogP) is 4.42. The van der Waals surface area contributed by atoms with Crippen LogP contribution in [0, 0.1) is 11.7 Å². The van der Waals surface area contributed by atoms with E-state index in [9.17, 15) is 4.39 Å². The normalized spacial score (nSPS) is 15.7. The summed E-state index contributed by atoms with van der Waals surface area (Å²) in [7, 11) is 0. The Labute approximate surface area is 166 Å². The van der Waals surface area contributed by atoms with Crippen LogP contribution in [-0.4, -0.2) is 36.5 Å². The molecule has 1 fully saturated rings. The van der Waals surface area contributed by atoms with Crippen molar-refractivity contribution in [3.05, 3.63) is 47.9 Å². The van der Waals surface area contributed by atoms with Crippen LogP contribution in [0.3, 0.4) is 0 Å². The fraction of sp³-hybridized carbons (Fsp3) is 0.455. The Bertz CT molecular complexity index is 794. The van der Waals surface area contributed by atoms with E-state index in [1.807, 2.05) is 26.8 Å². The molecule has 0 amide bonds. The van der Waals surface area contributed by atoms with E-state index in [2.05, 4.69) is 15.5 Å². The number of benzene rings is 1. The number of pyridine rings is 1. The number of nitrogens with zero attached hydrogens (tertiary/aromatic N) is 2. The van der Waals surface area contributed by atoms with Gasteiger partial charge < -0.3 is 14.9 Å². The Balaban J connectivity index is 1.61. The zero-order valence-corrected chi connectivity index (χ0v) is 16.7. The molecule has 0 unspecified atom stereocenters. The number of oxime groups is 1. The highest BCUT2D eigenvalue weighted by Crippen LogP contribution is 2.24. The molecule has 0 spiro atoms. The Morgan fingerprint density at radius 3 is 2.64 bits per heavy atom. The molecule has 0 saturated carbocycles. The van der Waals surface area contributed by atoms with Crippen molar-refractivity contribution in [3.8, 4) is 17.0 Å². The summed E-state index contributed by atoms with van der Waals surface area (Å²) in [5.74, 6) is 0.941. The number of halogens is 1. The van der Waals surface area contributed by atoms with Crippen molar-refractivity contribution in [2.24, 2.45) is 11.1 Å². The summed E-state index contributed by atoms with van der Waals surface area (Å²) in [5.41, 5.74) is 1.27. The number of hydrogen-bond donors (Lipinski definition) is 1. The highest BCUT2D eigenvalue weighted by atomic mass is 19.1. The molecular formula is C22H28FN3O2. The molecule has 0 bridgehead atoms. The fourth-order valence-electron chi connectivity index (χ4n) is 2.95. The molecule has 0 radical (unpaired) electrons. The molecule has 28 heavy (non-hydrogen) atoms. The number of piperidine rings is 1. The van der Waals surface area contributed by atoms with Gasteiger partial charge in [-0.25, -0.2) is 4.39 Å². The van der Waals surface area contributed by atoms with Crippen LogP contribution in [-0.2, 0) is 4.84 Å². The number of ether oxygens (including phenoxy) is 1. The minimum Gasteiger partial charge on any atom is -0.492 e. The molecule has 2 aromatic rings. The van der Waals surface area contributed by atoms with Crippen molar-refractivity contribution >= 4 is 6.21 Å². The first-order valence-corrected chi connectivity index (χ1v) is 9.72. The lowest BCUT2D eigenvalue weighted by atomic mass is 9.99. The molecule has 3 rings (SSSR count). The maximum atomic E-state index is 14.5. The minimum atomic E-state index is -0.378. The van der Waals surface area contributed by atoms with Crippen molar-refractivity contribution in [2.45, 2.75) is 39.2 Å². The second-order valence-corrected chi connectivity index (χ2v) is 8.06. The Kier molecular flexibility index (Phi) is 6.62. The summed E-state index contributed by atoms with van der Waals surface area (Å²) in [6.07, 6.45) is 5.42. The topological polar surface area (TPSA) is 55.7 Å². The van der Waals surface area contributed by atoms with E-state index >= 15 is 0 Å². The SMILES string of the molecule is CC(C)(C)O/N=C/c1ccc(-c2ccc(OCC3CCNCC3)cn2)c(F)c1. The van der Waals surface area contributed by atoms with E-state index in [1.54, 1.807) is 24.4 Å². The van der Waals surface area contributed by atoms with Gasteiger partial charge in [-0.3, -0.25) is 4.98 Å². The van der Waals surface area contributed by atoms with Gasteiger partial charge in [-0.15, -0.1) is 0 Å². The lowest BCUT2D eigenvalue weighted by Gasteiger charge is -2.22. The Morgan fingerprint density at radius 1 is 1.21 bits per heavy atom. The second-order valence-electron chi connectivity index (χ2n) is 8.06. The lowest BCUT2D eigenvalue weighted by Crippen LogP contribution is -2.30. The average Bonchev–Trinajstić information content (AvgIpc) is 2.67. The summed E-state index contributed by atoms with van der Waals surface area (Å²) >= 11 is 0. The van der Waals surface area contributed by atoms with Gasteiger partial charge in [0.05, 0.1) is 24.7 Å². The van der Waals surface area contributed by atoms with Gasteiger partial charge in [0.1, 0.15) is 17.2 Å². The maximum Gasteiger partial charge on any atom is 0.137 e. The number of nitrogens with one attached hydrogen (secondary N) is 1. The summed E-state index contributed by atoms with van der Waals surface area (Å²) in [6, 6.07) is 8.54. The zero-order chi connectivity index (χ0) is 20.0. The van der Waals surface area contributed by atoms with Gasteiger partial charge in [0.25, 0.3) is 0 Å². The molecule has 1 N–H and O–H groups in total. The number of rotatable bonds is 6. The molecule has 1 saturated heterocycles. The van der Waals surface area contributed by atoms with Crippen LogP contribution in [0.2, 0.25) is 0 Å². The Morgan fingerprint density at radius 2 is 2.00 bits per heavy atom. The van der Waals surface area contributed by atoms with E-state index in [4.69, 9.17) is 9.57 Å². The van der Waals surface area contributed by atoms with Gasteiger partial charge in [0.2, 0.25) is 0 Å². The van der Waals surface area contributed by atoms with E-state index in [-0.39, 0.29) is 11.4 Å². The smallest absolute Gasteiger partial charge is 0.137 e. The quantitative estimate of drug-likeness (QED) is 0.591. The second kappa shape index (κ2) is 9.15. The van der Waals surface area contributed by atoms with E-state index in [0.717, 1.165) is 25.9 Å². The average molecular weight is 385 g/mol. The first kappa shape index (κ1) is 20.3. The molecule has 5 nitrogen and oxygen atoms in total. The van der Waals surface area contributed by atoms with Crippen molar-refractivity contribution in [1.82, 2.24) is 10.3 Å². The van der Waals surface area contributed by atoms with Crippen molar-refractivity contribution in [1.29, 1.82) is 0 Å². The zero-order valence-electron chi connectivity index (χ0n) is 16.7. The van der Waals surface area contributed by atoms with Crippen molar-refractivity contribution in [2.75, 3.05) is 19.7 Å². The van der Waals surface area contributed by atoms with Gasteiger partial charge in [-0.2, -0.15) is 0 Å². The summed E-state index contributed by atoms with van der Waals surface area (Å²) in [6.45, 7) is 8.50. The van der Waals surface area contributed by atoms with E-state index in [0.29, 0.717) is 35.1 Å². The molecule has 6 heteroatoms. The molecule has 1 aromatic carbocycles. The molecular weight excluding hydrogens is 357 g/mol. The van der Waals surface area contributed by atoms with Crippen LogP contribution >= 0.6 is 0 Å². The number of hydrogen-bond acceptors (Lipinski definition) is 5. The number of aromatic nitrogens is 1. The third-order valence-corrected chi connectivity index (χ3v) is 4.48. The standard InChI is InChI=1S/C22H28FN3O2/c1-22(2,3)28-26-13-17-4-6-19(20(23)12-17)21-7-5-18(14-25-21)27-15-16-8-10-24-11-9-16/h4-7,12-14,16,24H,8-11,15H2,1-3H3/b26-13+. The summed E-state index contributed by atoms with van der Waals surface area (Å²) < 4.78 is 20.4. The predicted molar refractivity (Wildman–Crippen MR) is 109 cm³/mol. The van der Waals surface area contributed by atoms with Crippen LogP contribution in [0.1, 0.15) is 39.2 Å². The largest absolute Gasteiger partial charge is 0.492 e. The van der Waals surface area contributed by atoms with Gasteiger partial charge in [-0.05, 0) is 82.4 Å². The first-order chi connectivity index (χ1) is 13.4. The van der Waals surface area contributed by atoms with Gasteiger partial charge in [0, 0.05) is 5.56 Å². The molecule has 0 aliphatic carbocycles. The summed E-state index contributed by atoms with van der Waals surface area (Å²) in [4.78, 5) is 9.65. The van der Waals surface area contributed by atoms with Gasteiger partial charge in [-0.1, -0.05) is 11.2 Å². The monoisotopic (exact) mass is 385 g/mol. The highest BCUT2D eigenvalue weighted by molar-refractivity contribution is 5.80. The highest BCUT2D eigenvalue weighted by Gasteiger charge is 2.14. The van der Waals surface area contributed by atoms with E-state index in [1.165, 1.54) is 12.3 Å². The summed E-state index contributed by atoms with van der Waals surface area (Å²) in [5, 5.41) is 7.25. The molecule has 150 valence electrons. The van der Waals surface area contributed by atoms with Crippen molar-refractivity contribution < 1.29 is 14.0 Å².